The van der Waals surface area contributed by atoms with Crippen molar-refractivity contribution in [2.24, 2.45) is 0 Å². The van der Waals surface area contributed by atoms with Crippen LogP contribution in [-0.2, 0) is 17.9 Å². The predicted molar refractivity (Wildman–Crippen MR) is 97.2 cm³/mol. The van der Waals surface area contributed by atoms with Gasteiger partial charge >= 0.3 is 0 Å². The summed E-state index contributed by atoms with van der Waals surface area (Å²) >= 11 is 5.81. The van der Waals surface area contributed by atoms with Crippen LogP contribution in [0.25, 0.3) is 11.3 Å². The Morgan fingerprint density at radius 1 is 1.12 bits per heavy atom. The van der Waals surface area contributed by atoms with Crippen molar-refractivity contribution in [1.29, 1.82) is 0 Å². The number of carbonyl (C=O) groups is 1. The number of hydrogen-bond donors (Lipinski definition) is 1. The molecule has 0 bridgehead atoms. The number of amides is 1. The van der Waals surface area contributed by atoms with Gasteiger partial charge in [0.05, 0.1) is 12.0 Å². The molecule has 5 nitrogen and oxygen atoms in total. The van der Waals surface area contributed by atoms with E-state index in [4.69, 9.17) is 11.6 Å². The van der Waals surface area contributed by atoms with Crippen LogP contribution >= 0.6 is 11.6 Å². The number of carbonyl (C=O) groups excluding carboxylic acids is 1. The molecule has 132 valence electrons. The summed E-state index contributed by atoms with van der Waals surface area (Å²) in [4.78, 5) is 28.4. The van der Waals surface area contributed by atoms with Gasteiger partial charge < -0.3 is 5.32 Å². The zero-order valence-electron chi connectivity index (χ0n) is 13.7. The Balaban J connectivity index is 1.64. The highest BCUT2D eigenvalue weighted by molar-refractivity contribution is 6.30. The van der Waals surface area contributed by atoms with E-state index in [1.165, 1.54) is 29.1 Å². The van der Waals surface area contributed by atoms with Gasteiger partial charge in [0, 0.05) is 23.2 Å². The molecule has 0 aliphatic carbocycles. The Labute approximate surface area is 154 Å². The maximum atomic E-state index is 13.0. The molecule has 0 spiro atoms. The molecule has 1 aromatic heterocycles. The van der Waals surface area contributed by atoms with E-state index in [1.807, 2.05) is 12.1 Å². The Kier molecular flexibility index (Phi) is 5.43. The molecular formula is C19H15ClFN3O2. The second-order valence-electron chi connectivity index (χ2n) is 5.65. The highest BCUT2D eigenvalue weighted by atomic mass is 35.5. The molecule has 0 atom stereocenters. The molecular weight excluding hydrogens is 357 g/mol. The lowest BCUT2D eigenvalue weighted by Crippen LogP contribution is -2.31. The van der Waals surface area contributed by atoms with Gasteiger partial charge in [-0.05, 0) is 42.0 Å². The molecule has 0 saturated heterocycles. The summed E-state index contributed by atoms with van der Waals surface area (Å²) in [5.41, 5.74) is 1.59. The van der Waals surface area contributed by atoms with Gasteiger partial charge in [0.25, 0.3) is 5.56 Å². The molecule has 1 amide bonds. The Bertz CT molecular complexity index is 969. The fourth-order valence-electron chi connectivity index (χ4n) is 2.34. The van der Waals surface area contributed by atoms with E-state index < -0.39 is 0 Å². The van der Waals surface area contributed by atoms with E-state index in [9.17, 15) is 14.0 Å². The Morgan fingerprint density at radius 2 is 1.81 bits per heavy atom. The summed E-state index contributed by atoms with van der Waals surface area (Å²) in [5, 5.41) is 3.36. The van der Waals surface area contributed by atoms with E-state index in [-0.39, 0.29) is 23.8 Å². The minimum absolute atomic E-state index is 0.136. The highest BCUT2D eigenvalue weighted by Crippen LogP contribution is 2.15. The second-order valence-corrected chi connectivity index (χ2v) is 6.09. The number of rotatable bonds is 5. The van der Waals surface area contributed by atoms with Gasteiger partial charge in [-0.2, -0.15) is 0 Å². The van der Waals surface area contributed by atoms with Crippen LogP contribution in [0.4, 0.5) is 4.39 Å². The van der Waals surface area contributed by atoms with Gasteiger partial charge in [-0.1, -0.05) is 23.7 Å². The lowest BCUT2D eigenvalue weighted by atomic mass is 10.1. The monoisotopic (exact) mass is 371 g/mol. The van der Waals surface area contributed by atoms with Crippen molar-refractivity contribution in [2.45, 2.75) is 13.1 Å². The summed E-state index contributed by atoms with van der Waals surface area (Å²) in [6.07, 6.45) is 1.31. The van der Waals surface area contributed by atoms with Crippen molar-refractivity contribution in [3.63, 3.8) is 0 Å². The van der Waals surface area contributed by atoms with Crippen LogP contribution in [0.1, 0.15) is 5.56 Å². The number of nitrogens with zero attached hydrogens (tertiary/aromatic N) is 2. The quantitative estimate of drug-likeness (QED) is 0.749. The predicted octanol–water partition coefficient (Wildman–Crippen LogP) is 3.02. The summed E-state index contributed by atoms with van der Waals surface area (Å²) in [6.45, 7) is 0.203. The van der Waals surface area contributed by atoms with Gasteiger partial charge in [-0.25, -0.2) is 9.37 Å². The number of halogens is 2. The minimum Gasteiger partial charge on any atom is -0.350 e. The first-order chi connectivity index (χ1) is 12.5. The maximum absolute atomic E-state index is 13.0. The summed E-state index contributed by atoms with van der Waals surface area (Å²) in [5.74, 6) is -0.669. The first-order valence-corrected chi connectivity index (χ1v) is 8.22. The minimum atomic E-state index is -0.362. The van der Waals surface area contributed by atoms with Crippen LogP contribution in [0.15, 0.2) is 65.7 Å². The summed E-state index contributed by atoms with van der Waals surface area (Å²) in [6, 6.07) is 14.1. The van der Waals surface area contributed by atoms with Crippen LogP contribution in [0.2, 0.25) is 5.02 Å². The summed E-state index contributed by atoms with van der Waals surface area (Å²) in [7, 11) is 0. The molecule has 26 heavy (non-hydrogen) atoms. The lowest BCUT2D eigenvalue weighted by molar-refractivity contribution is -0.121. The van der Waals surface area contributed by atoms with Crippen LogP contribution in [0, 0.1) is 5.82 Å². The average molecular weight is 372 g/mol. The molecule has 2 aromatic carbocycles. The summed E-state index contributed by atoms with van der Waals surface area (Å²) < 4.78 is 14.2. The van der Waals surface area contributed by atoms with Crippen LogP contribution < -0.4 is 10.9 Å². The number of hydrogen-bond acceptors (Lipinski definition) is 3. The van der Waals surface area contributed by atoms with Gasteiger partial charge in [0.1, 0.15) is 12.4 Å². The van der Waals surface area contributed by atoms with E-state index in [0.717, 1.165) is 5.56 Å². The van der Waals surface area contributed by atoms with Crippen molar-refractivity contribution < 1.29 is 9.18 Å². The molecule has 0 unspecified atom stereocenters. The van der Waals surface area contributed by atoms with E-state index in [1.54, 1.807) is 24.3 Å². The lowest BCUT2D eigenvalue weighted by Gasteiger charge is -2.08. The first kappa shape index (κ1) is 17.8. The normalized spacial score (nSPS) is 10.5. The molecule has 7 heteroatoms. The number of aromatic nitrogens is 2. The molecule has 0 fully saturated rings. The molecule has 1 N–H and O–H groups in total. The fourth-order valence-corrected chi connectivity index (χ4v) is 2.46. The highest BCUT2D eigenvalue weighted by Gasteiger charge is 2.07. The molecule has 3 rings (SSSR count). The molecule has 0 aliphatic heterocycles. The zero-order chi connectivity index (χ0) is 18.5. The SMILES string of the molecule is O=C(Cn1cnc(-c2ccc(F)cc2)cc1=O)NCc1ccc(Cl)cc1. The van der Waals surface area contributed by atoms with Gasteiger partial charge in [0.15, 0.2) is 0 Å². The van der Waals surface area contributed by atoms with Gasteiger partial charge in [0.2, 0.25) is 5.91 Å². The van der Waals surface area contributed by atoms with Gasteiger partial charge in [-0.3, -0.25) is 14.2 Å². The van der Waals surface area contributed by atoms with E-state index in [0.29, 0.717) is 22.8 Å². The van der Waals surface area contributed by atoms with Gasteiger partial charge in [-0.15, -0.1) is 0 Å². The smallest absolute Gasteiger partial charge is 0.254 e. The third-order valence-corrected chi connectivity index (χ3v) is 3.99. The molecule has 0 radical (unpaired) electrons. The molecule has 3 aromatic rings. The zero-order valence-corrected chi connectivity index (χ0v) is 14.4. The van der Waals surface area contributed by atoms with E-state index in [2.05, 4.69) is 10.3 Å². The molecule has 0 saturated carbocycles. The van der Waals surface area contributed by atoms with Crippen LogP contribution in [-0.4, -0.2) is 15.5 Å². The van der Waals surface area contributed by atoms with Crippen molar-refractivity contribution >= 4 is 17.5 Å². The molecule has 0 aliphatic rings. The third kappa shape index (κ3) is 4.55. The Morgan fingerprint density at radius 3 is 2.46 bits per heavy atom. The van der Waals surface area contributed by atoms with E-state index >= 15 is 0 Å². The standard InChI is InChI=1S/C19H15ClFN3O2/c20-15-5-1-13(2-6-15)10-22-18(25)11-24-12-23-17(9-19(24)26)14-3-7-16(21)8-4-14/h1-9,12H,10-11H2,(H,22,25). The van der Waals surface area contributed by atoms with Crippen molar-refractivity contribution in [2.75, 3.05) is 0 Å². The number of nitrogens with one attached hydrogen (secondary N) is 1. The van der Waals surface area contributed by atoms with Crippen molar-refractivity contribution in [1.82, 2.24) is 14.9 Å². The number of benzene rings is 2. The van der Waals surface area contributed by atoms with Crippen LogP contribution in [0.5, 0.6) is 0 Å². The largest absolute Gasteiger partial charge is 0.350 e. The van der Waals surface area contributed by atoms with Crippen molar-refractivity contribution in [3.8, 4) is 11.3 Å². The maximum Gasteiger partial charge on any atom is 0.254 e. The molecule has 1 heterocycles. The average Bonchev–Trinajstić information content (AvgIpc) is 2.63. The fraction of sp³-hybridized carbons (Fsp3) is 0.105. The second kappa shape index (κ2) is 7.93. The van der Waals surface area contributed by atoms with Crippen LogP contribution in [0.3, 0.4) is 0 Å². The first-order valence-electron chi connectivity index (χ1n) is 7.85. The Hall–Kier alpha value is -2.99. The third-order valence-electron chi connectivity index (χ3n) is 3.74. The topological polar surface area (TPSA) is 64.0 Å². The van der Waals surface area contributed by atoms with Crippen molar-refractivity contribution in [3.05, 3.63) is 87.7 Å².